The fourth-order valence-electron chi connectivity index (χ4n) is 9.79. The zero-order valence-corrected chi connectivity index (χ0v) is 20.5. The zero-order valence-electron chi connectivity index (χ0n) is 20.5. The van der Waals surface area contributed by atoms with Crippen molar-refractivity contribution in [2.75, 3.05) is 0 Å². The van der Waals surface area contributed by atoms with Gasteiger partial charge in [0.15, 0.2) is 0 Å². The van der Waals surface area contributed by atoms with Crippen LogP contribution in [0.25, 0.3) is 0 Å². The highest BCUT2D eigenvalue weighted by atomic mass is 16.3. The Hall–Kier alpha value is -0.340. The fourth-order valence-corrected chi connectivity index (χ4v) is 9.79. The molecule has 2 nitrogen and oxygen atoms in total. The normalized spacial score (nSPS) is 47.6. The highest BCUT2D eigenvalue weighted by Gasteiger charge is 2.59. The molecular formula is C29H48O2. The number of aliphatic hydroxyl groups excluding tert-OH is 2. The van der Waals surface area contributed by atoms with Gasteiger partial charge in [0.2, 0.25) is 0 Å². The molecule has 4 unspecified atom stereocenters. The Morgan fingerprint density at radius 1 is 0.968 bits per heavy atom. The summed E-state index contributed by atoms with van der Waals surface area (Å²) in [4.78, 5) is 0. The monoisotopic (exact) mass is 428 g/mol. The van der Waals surface area contributed by atoms with E-state index >= 15 is 0 Å². The highest BCUT2D eigenvalue weighted by Crippen LogP contribution is 2.67. The van der Waals surface area contributed by atoms with Gasteiger partial charge in [0.25, 0.3) is 0 Å². The second-order valence-electron chi connectivity index (χ2n) is 13.1. The minimum Gasteiger partial charge on any atom is -0.393 e. The third kappa shape index (κ3) is 3.76. The van der Waals surface area contributed by atoms with Crippen molar-refractivity contribution in [1.82, 2.24) is 0 Å². The molecule has 0 aromatic rings. The number of hydrogen-bond donors (Lipinski definition) is 2. The summed E-state index contributed by atoms with van der Waals surface area (Å²) in [5, 5.41) is 21.5. The van der Waals surface area contributed by atoms with Crippen molar-refractivity contribution >= 4 is 0 Å². The van der Waals surface area contributed by atoms with Crippen molar-refractivity contribution < 1.29 is 10.2 Å². The lowest BCUT2D eigenvalue weighted by atomic mass is 9.47. The van der Waals surface area contributed by atoms with Crippen LogP contribution in [0.1, 0.15) is 111 Å². The molecule has 0 amide bonds. The molecule has 0 heterocycles. The minimum atomic E-state index is -0.105. The fraction of sp³-hybridized carbons (Fsp3) is 0.931. The van der Waals surface area contributed by atoms with E-state index in [0.717, 1.165) is 42.9 Å². The molecule has 0 aromatic carbocycles. The van der Waals surface area contributed by atoms with Crippen LogP contribution in [0, 0.1) is 46.3 Å². The van der Waals surface area contributed by atoms with Crippen LogP contribution in [0.2, 0.25) is 0 Å². The first-order chi connectivity index (χ1) is 14.8. The molecule has 0 bridgehead atoms. The number of allylic oxidation sites excluding steroid dienone is 1. The van der Waals surface area contributed by atoms with Gasteiger partial charge in [-0.1, -0.05) is 64.5 Å². The van der Waals surface area contributed by atoms with Crippen molar-refractivity contribution in [2.24, 2.45) is 46.3 Å². The first-order valence-electron chi connectivity index (χ1n) is 13.9. The van der Waals surface area contributed by atoms with Crippen LogP contribution >= 0.6 is 0 Å². The lowest BCUT2D eigenvalue weighted by Gasteiger charge is -2.58. The van der Waals surface area contributed by atoms with Crippen LogP contribution in [0.3, 0.4) is 0 Å². The van der Waals surface area contributed by atoms with Crippen molar-refractivity contribution in [3.63, 3.8) is 0 Å². The van der Waals surface area contributed by atoms with Crippen LogP contribution in [-0.4, -0.2) is 22.4 Å². The molecule has 5 rings (SSSR count). The second kappa shape index (κ2) is 8.46. The molecule has 5 aliphatic carbocycles. The molecule has 176 valence electrons. The van der Waals surface area contributed by atoms with Gasteiger partial charge < -0.3 is 10.2 Å². The van der Waals surface area contributed by atoms with Crippen molar-refractivity contribution in [2.45, 2.75) is 123 Å². The van der Waals surface area contributed by atoms with E-state index in [4.69, 9.17) is 0 Å². The van der Waals surface area contributed by atoms with E-state index in [9.17, 15) is 10.2 Å². The third-order valence-corrected chi connectivity index (χ3v) is 11.7. The van der Waals surface area contributed by atoms with Gasteiger partial charge in [0.1, 0.15) is 0 Å². The summed E-state index contributed by atoms with van der Waals surface area (Å²) in [5.41, 5.74) is 2.35. The Kier molecular flexibility index (Phi) is 6.13. The van der Waals surface area contributed by atoms with E-state index < -0.39 is 0 Å². The first kappa shape index (κ1) is 22.5. The predicted octanol–water partition coefficient (Wildman–Crippen LogP) is 6.89. The largest absolute Gasteiger partial charge is 0.393 e. The molecule has 2 N–H and O–H groups in total. The van der Waals surface area contributed by atoms with E-state index in [1.54, 1.807) is 5.57 Å². The second-order valence-corrected chi connectivity index (χ2v) is 13.1. The topological polar surface area (TPSA) is 40.5 Å². The molecule has 5 aliphatic rings. The van der Waals surface area contributed by atoms with E-state index in [2.05, 4.69) is 26.8 Å². The van der Waals surface area contributed by atoms with Gasteiger partial charge in [0, 0.05) is 0 Å². The standard InChI is InChI=1S/C29H48O2/c1-19(27(31)17-20-7-5-4-6-8-20)24-11-12-25-23-10-9-21-18-22(30)13-15-28(21,2)26(23)14-16-29(24,25)3/h9,19-20,22-27,30-31H,4-8,10-18H2,1-3H3/t19-,22-,23?,24?,25?,26?,27-,28-,29+/m0/s1. The number of aliphatic hydroxyl groups is 2. The Morgan fingerprint density at radius 3 is 2.52 bits per heavy atom. The summed E-state index contributed by atoms with van der Waals surface area (Å²) in [6.07, 6.45) is 20.0. The lowest BCUT2D eigenvalue weighted by Crippen LogP contribution is -2.51. The van der Waals surface area contributed by atoms with Crippen LogP contribution in [0.15, 0.2) is 11.6 Å². The zero-order chi connectivity index (χ0) is 21.8. The summed E-state index contributed by atoms with van der Waals surface area (Å²) in [6.45, 7) is 7.54. The van der Waals surface area contributed by atoms with E-state index in [1.165, 1.54) is 70.6 Å². The van der Waals surface area contributed by atoms with Crippen molar-refractivity contribution in [1.29, 1.82) is 0 Å². The molecular weight excluding hydrogens is 380 g/mol. The summed E-state index contributed by atoms with van der Waals surface area (Å²) in [6, 6.07) is 0. The summed E-state index contributed by atoms with van der Waals surface area (Å²) in [7, 11) is 0. The van der Waals surface area contributed by atoms with Gasteiger partial charge in [-0.05, 0) is 104 Å². The maximum absolute atomic E-state index is 11.3. The van der Waals surface area contributed by atoms with Gasteiger partial charge in [0.05, 0.1) is 12.2 Å². The average Bonchev–Trinajstić information content (AvgIpc) is 3.11. The summed E-state index contributed by atoms with van der Waals surface area (Å²) >= 11 is 0. The van der Waals surface area contributed by atoms with Crippen LogP contribution in [-0.2, 0) is 0 Å². The van der Waals surface area contributed by atoms with Crippen LogP contribution in [0.5, 0.6) is 0 Å². The van der Waals surface area contributed by atoms with Crippen molar-refractivity contribution in [3.8, 4) is 0 Å². The molecule has 2 heteroatoms. The molecule has 9 atom stereocenters. The van der Waals surface area contributed by atoms with E-state index in [-0.39, 0.29) is 12.2 Å². The Balaban J connectivity index is 1.30. The molecule has 4 saturated carbocycles. The smallest absolute Gasteiger partial charge is 0.0577 e. The number of rotatable bonds is 4. The van der Waals surface area contributed by atoms with Gasteiger partial charge in [-0.3, -0.25) is 0 Å². The summed E-state index contributed by atoms with van der Waals surface area (Å²) in [5.74, 6) is 4.40. The molecule has 0 aromatic heterocycles. The third-order valence-electron chi connectivity index (χ3n) is 11.7. The minimum absolute atomic E-state index is 0.100. The van der Waals surface area contributed by atoms with Gasteiger partial charge in [-0.15, -0.1) is 0 Å². The highest BCUT2D eigenvalue weighted by molar-refractivity contribution is 5.25. The van der Waals surface area contributed by atoms with Crippen molar-refractivity contribution in [3.05, 3.63) is 11.6 Å². The predicted molar refractivity (Wildman–Crippen MR) is 128 cm³/mol. The van der Waals surface area contributed by atoms with E-state index in [1.807, 2.05) is 0 Å². The summed E-state index contributed by atoms with van der Waals surface area (Å²) < 4.78 is 0. The quantitative estimate of drug-likeness (QED) is 0.478. The maximum Gasteiger partial charge on any atom is 0.0577 e. The van der Waals surface area contributed by atoms with Crippen LogP contribution in [0.4, 0.5) is 0 Å². The van der Waals surface area contributed by atoms with E-state index in [0.29, 0.717) is 22.7 Å². The van der Waals surface area contributed by atoms with Gasteiger partial charge >= 0.3 is 0 Å². The maximum atomic E-state index is 11.3. The number of hydrogen-bond acceptors (Lipinski definition) is 2. The van der Waals surface area contributed by atoms with Gasteiger partial charge in [-0.2, -0.15) is 0 Å². The molecule has 0 radical (unpaired) electrons. The van der Waals surface area contributed by atoms with Gasteiger partial charge in [-0.25, -0.2) is 0 Å². The number of fused-ring (bicyclic) bond motifs is 5. The molecule has 4 fully saturated rings. The Morgan fingerprint density at radius 2 is 1.74 bits per heavy atom. The molecule has 31 heavy (non-hydrogen) atoms. The SMILES string of the molecule is C[C@@H](C1CCC2C3CC=C4C[C@@H](O)CC[C@]4(C)C3CC[C@@]21C)[C@@H](O)CC1CCCCC1. The average molecular weight is 429 g/mol. The molecule has 0 aliphatic heterocycles. The Labute approximate surface area is 191 Å². The Bertz CT molecular complexity index is 678. The van der Waals surface area contributed by atoms with Crippen LogP contribution < -0.4 is 0 Å². The molecule has 0 saturated heterocycles. The lowest BCUT2D eigenvalue weighted by molar-refractivity contribution is -0.0694. The first-order valence-corrected chi connectivity index (χ1v) is 13.9. The molecule has 0 spiro atoms.